The smallest absolute Gasteiger partial charge is 0.277 e. The molecule has 2 aromatic rings. The number of ether oxygens (including phenoxy) is 1. The molecule has 1 fully saturated rings. The molecule has 2 heterocycles. The van der Waals surface area contributed by atoms with Crippen molar-refractivity contribution >= 4 is 35.1 Å². The van der Waals surface area contributed by atoms with Crippen molar-refractivity contribution in [3.05, 3.63) is 46.2 Å². The number of nitrogens with one attached hydrogen (secondary N) is 3. The van der Waals surface area contributed by atoms with Crippen molar-refractivity contribution < 1.29 is 14.3 Å². The third-order valence-corrected chi connectivity index (χ3v) is 4.96. The highest BCUT2D eigenvalue weighted by atomic mass is 32.2. The third kappa shape index (κ3) is 5.33. The fourth-order valence-corrected chi connectivity index (χ4v) is 3.35. The van der Waals surface area contributed by atoms with Gasteiger partial charge in [-0.15, -0.1) is 0 Å². The number of aromatic amines is 1. The quantitative estimate of drug-likeness (QED) is 0.399. The lowest BCUT2D eigenvalue weighted by atomic mass is 10.2. The number of hydrogen-bond acceptors (Lipinski definition) is 7. The molecule has 2 amide bonds. The van der Waals surface area contributed by atoms with Crippen molar-refractivity contribution in [2.24, 2.45) is 0 Å². The zero-order chi connectivity index (χ0) is 19.9. The molecule has 148 valence electrons. The van der Waals surface area contributed by atoms with Gasteiger partial charge >= 0.3 is 0 Å². The number of amides is 2. The number of aromatic nitrogens is 2. The van der Waals surface area contributed by atoms with Crippen LogP contribution in [-0.2, 0) is 9.53 Å². The van der Waals surface area contributed by atoms with Crippen LogP contribution in [0.3, 0.4) is 0 Å². The molecule has 1 saturated heterocycles. The Bertz CT molecular complexity index is 897. The normalized spacial score (nSPS) is 15.9. The first-order valence-corrected chi connectivity index (χ1v) is 9.79. The van der Waals surface area contributed by atoms with Crippen LogP contribution in [0, 0.1) is 0 Å². The van der Waals surface area contributed by atoms with Crippen LogP contribution in [0.5, 0.6) is 0 Å². The van der Waals surface area contributed by atoms with Crippen LogP contribution in [-0.4, -0.2) is 46.8 Å². The van der Waals surface area contributed by atoms with Crippen molar-refractivity contribution in [3.63, 3.8) is 0 Å². The van der Waals surface area contributed by atoms with Crippen molar-refractivity contribution in [3.8, 4) is 0 Å². The zero-order valence-corrected chi connectivity index (χ0v) is 15.9. The minimum Gasteiger partial charge on any atom is -0.382 e. The van der Waals surface area contributed by atoms with Gasteiger partial charge in [0.2, 0.25) is 5.91 Å². The van der Waals surface area contributed by atoms with E-state index in [4.69, 9.17) is 10.5 Å². The number of hydrogen-bond donors (Lipinski definition) is 4. The molecule has 1 atom stereocenters. The predicted molar refractivity (Wildman–Crippen MR) is 106 cm³/mol. The summed E-state index contributed by atoms with van der Waals surface area (Å²) >= 11 is 1.05. The molecule has 10 heteroatoms. The van der Waals surface area contributed by atoms with Gasteiger partial charge in [-0.1, -0.05) is 30.0 Å². The standard InChI is InChI=1S/C18H21N5O4S/c19-15-14(21-16(25)11-5-2-1-3-6-11)17(26)23-18(22-15)28-10-13(24)20-9-12-7-4-8-27-12/h1-3,5-6,12H,4,7-10H2,(H,20,24)(H,21,25)(H3,19,22,23,26)/t12-/m0/s1. The van der Waals surface area contributed by atoms with Gasteiger partial charge < -0.3 is 21.1 Å². The Morgan fingerprint density at radius 1 is 1.32 bits per heavy atom. The Kier molecular flexibility index (Phi) is 6.66. The molecular weight excluding hydrogens is 382 g/mol. The maximum atomic E-state index is 12.3. The molecule has 9 nitrogen and oxygen atoms in total. The largest absolute Gasteiger partial charge is 0.382 e. The highest BCUT2D eigenvalue weighted by Gasteiger charge is 2.17. The molecule has 0 saturated carbocycles. The van der Waals surface area contributed by atoms with Gasteiger partial charge in [0.1, 0.15) is 5.69 Å². The molecule has 1 aromatic heterocycles. The number of carbonyl (C=O) groups excluding carboxylic acids is 2. The van der Waals surface area contributed by atoms with Gasteiger partial charge in [0.25, 0.3) is 11.5 Å². The summed E-state index contributed by atoms with van der Waals surface area (Å²) in [5.41, 5.74) is 5.50. The lowest BCUT2D eigenvalue weighted by Gasteiger charge is -2.11. The second-order valence-corrected chi connectivity index (χ2v) is 7.14. The summed E-state index contributed by atoms with van der Waals surface area (Å²) in [4.78, 5) is 42.9. The molecule has 0 bridgehead atoms. The van der Waals surface area contributed by atoms with E-state index in [1.54, 1.807) is 30.3 Å². The summed E-state index contributed by atoms with van der Waals surface area (Å²) in [5, 5.41) is 5.45. The molecule has 1 aromatic carbocycles. The maximum absolute atomic E-state index is 12.3. The van der Waals surface area contributed by atoms with Crippen LogP contribution in [0.2, 0.25) is 0 Å². The molecule has 0 aliphatic carbocycles. The van der Waals surface area contributed by atoms with E-state index in [9.17, 15) is 14.4 Å². The highest BCUT2D eigenvalue weighted by molar-refractivity contribution is 7.99. The van der Waals surface area contributed by atoms with Gasteiger partial charge in [0.15, 0.2) is 11.0 Å². The van der Waals surface area contributed by atoms with Gasteiger partial charge in [0, 0.05) is 18.7 Å². The van der Waals surface area contributed by atoms with E-state index in [0.29, 0.717) is 12.1 Å². The number of nitrogens with zero attached hydrogens (tertiary/aromatic N) is 1. The second-order valence-electron chi connectivity index (χ2n) is 6.18. The van der Waals surface area contributed by atoms with E-state index in [0.717, 1.165) is 31.2 Å². The average molecular weight is 403 g/mol. The third-order valence-electron chi connectivity index (χ3n) is 4.09. The van der Waals surface area contributed by atoms with Crippen LogP contribution in [0.15, 0.2) is 40.3 Å². The molecule has 1 aliphatic heterocycles. The molecule has 1 aliphatic rings. The van der Waals surface area contributed by atoms with Gasteiger partial charge in [-0.2, -0.15) is 0 Å². The Labute approximate surface area is 165 Å². The van der Waals surface area contributed by atoms with Gasteiger partial charge in [0.05, 0.1) is 11.9 Å². The highest BCUT2D eigenvalue weighted by Crippen LogP contribution is 2.17. The van der Waals surface area contributed by atoms with Crippen LogP contribution in [0.4, 0.5) is 11.5 Å². The van der Waals surface area contributed by atoms with E-state index in [2.05, 4.69) is 20.6 Å². The maximum Gasteiger partial charge on any atom is 0.277 e. The Hall–Kier alpha value is -2.85. The van der Waals surface area contributed by atoms with Crippen molar-refractivity contribution in [2.75, 3.05) is 30.0 Å². The number of thioether (sulfide) groups is 1. The molecule has 0 radical (unpaired) electrons. The minimum absolute atomic E-state index is 0.0648. The Morgan fingerprint density at radius 3 is 2.79 bits per heavy atom. The number of rotatable bonds is 7. The van der Waals surface area contributed by atoms with Gasteiger partial charge in [-0.25, -0.2) is 4.98 Å². The number of anilines is 2. The van der Waals surface area contributed by atoms with Crippen LogP contribution in [0.1, 0.15) is 23.2 Å². The molecule has 5 N–H and O–H groups in total. The molecule has 0 spiro atoms. The summed E-state index contributed by atoms with van der Waals surface area (Å²) in [6.45, 7) is 1.20. The summed E-state index contributed by atoms with van der Waals surface area (Å²) < 4.78 is 5.44. The van der Waals surface area contributed by atoms with E-state index in [-0.39, 0.29) is 34.4 Å². The summed E-state index contributed by atoms with van der Waals surface area (Å²) in [7, 11) is 0. The van der Waals surface area contributed by atoms with Gasteiger partial charge in [-0.05, 0) is 25.0 Å². The predicted octanol–water partition coefficient (Wildman–Crippen LogP) is 0.992. The van der Waals surface area contributed by atoms with Crippen molar-refractivity contribution in [1.82, 2.24) is 15.3 Å². The fourth-order valence-electron chi connectivity index (χ4n) is 2.65. The van der Waals surface area contributed by atoms with E-state index in [1.165, 1.54) is 0 Å². The summed E-state index contributed by atoms with van der Waals surface area (Å²) in [6, 6.07) is 8.44. The first-order chi connectivity index (χ1) is 13.5. The Morgan fingerprint density at radius 2 is 2.11 bits per heavy atom. The average Bonchev–Trinajstić information content (AvgIpc) is 3.21. The number of nitrogens with two attached hydrogens (primary N) is 1. The lowest BCUT2D eigenvalue weighted by molar-refractivity contribution is -0.119. The van der Waals surface area contributed by atoms with E-state index >= 15 is 0 Å². The molecule has 3 rings (SSSR count). The van der Waals surface area contributed by atoms with Crippen molar-refractivity contribution in [2.45, 2.75) is 24.1 Å². The minimum atomic E-state index is -0.584. The lowest BCUT2D eigenvalue weighted by Crippen LogP contribution is -2.33. The zero-order valence-electron chi connectivity index (χ0n) is 15.1. The number of benzene rings is 1. The fraction of sp³-hybridized carbons (Fsp3) is 0.333. The van der Waals surface area contributed by atoms with E-state index < -0.39 is 11.5 Å². The topological polar surface area (TPSA) is 139 Å². The Balaban J connectivity index is 1.56. The molecular formula is C18H21N5O4S. The molecule has 0 unspecified atom stereocenters. The van der Waals surface area contributed by atoms with E-state index in [1.807, 2.05) is 0 Å². The number of H-pyrrole nitrogens is 1. The number of nitrogen functional groups attached to an aromatic ring is 1. The number of carbonyl (C=O) groups is 2. The van der Waals surface area contributed by atoms with Crippen LogP contribution in [0.25, 0.3) is 0 Å². The SMILES string of the molecule is Nc1nc(SCC(=O)NC[C@@H]2CCCO2)[nH]c(=O)c1NC(=O)c1ccccc1. The monoisotopic (exact) mass is 403 g/mol. The van der Waals surface area contributed by atoms with Crippen LogP contribution >= 0.6 is 11.8 Å². The first kappa shape index (κ1) is 19.9. The second kappa shape index (κ2) is 9.38. The summed E-state index contributed by atoms with van der Waals surface area (Å²) in [6.07, 6.45) is 2.01. The van der Waals surface area contributed by atoms with Crippen molar-refractivity contribution in [1.29, 1.82) is 0 Å². The van der Waals surface area contributed by atoms with Crippen LogP contribution < -0.4 is 21.9 Å². The van der Waals surface area contributed by atoms with Gasteiger partial charge in [-0.3, -0.25) is 19.4 Å². The first-order valence-electron chi connectivity index (χ1n) is 8.80. The summed E-state index contributed by atoms with van der Waals surface area (Å²) in [5.74, 6) is -0.697. The molecule has 28 heavy (non-hydrogen) atoms.